The fourth-order valence-corrected chi connectivity index (χ4v) is 1.69. The number of aromatic hydroxyl groups is 1. The summed E-state index contributed by atoms with van der Waals surface area (Å²) in [6.45, 7) is 0. The second-order valence-corrected chi connectivity index (χ2v) is 3.97. The largest absolute Gasteiger partial charge is 0.507 e. The fourth-order valence-electron chi connectivity index (χ4n) is 1.69. The Labute approximate surface area is 105 Å². The molecule has 1 unspecified atom stereocenters. The van der Waals surface area contributed by atoms with Crippen LogP contribution in [-0.4, -0.2) is 16.6 Å². The first-order valence-corrected chi connectivity index (χ1v) is 5.62. The van der Waals surface area contributed by atoms with Crippen molar-refractivity contribution in [3.05, 3.63) is 66.3 Å². The smallest absolute Gasteiger partial charge is 0.189 e. The van der Waals surface area contributed by atoms with Crippen molar-refractivity contribution >= 4 is 11.5 Å². The van der Waals surface area contributed by atoms with Gasteiger partial charge in [0.25, 0.3) is 0 Å². The zero-order valence-electron chi connectivity index (χ0n) is 9.71. The average Bonchev–Trinajstić information content (AvgIpc) is 2.38. The predicted octanol–water partition coefficient (Wildman–Crippen LogP) is 2.89. The lowest BCUT2D eigenvalue weighted by molar-refractivity contribution is 0.104. The summed E-state index contributed by atoms with van der Waals surface area (Å²) in [6.07, 6.45) is 10.2. The Balaban J connectivity index is 2.13. The highest BCUT2D eigenvalue weighted by atomic mass is 16.3. The third kappa shape index (κ3) is 2.63. The summed E-state index contributed by atoms with van der Waals surface area (Å²) in [7, 11) is 0. The first kappa shape index (κ1) is 12.0. The molecule has 1 aliphatic rings. The van der Waals surface area contributed by atoms with Gasteiger partial charge in [0, 0.05) is 11.6 Å². The monoisotopic (exact) mass is 239 g/mol. The van der Waals surface area contributed by atoms with Crippen LogP contribution in [0.2, 0.25) is 0 Å². The molecule has 2 N–H and O–H groups in total. The van der Waals surface area contributed by atoms with Crippen molar-refractivity contribution in [3.63, 3.8) is 0 Å². The number of para-hydroxylation sites is 1. The first-order chi connectivity index (χ1) is 8.68. The lowest BCUT2D eigenvalue weighted by atomic mass is 9.97. The fraction of sp³-hybridized carbons (Fsp3) is 0.0667. The van der Waals surface area contributed by atoms with Crippen molar-refractivity contribution in [2.75, 3.05) is 0 Å². The van der Waals surface area contributed by atoms with E-state index < -0.39 is 0 Å². The van der Waals surface area contributed by atoms with E-state index in [0.29, 0.717) is 5.71 Å². The van der Waals surface area contributed by atoms with Crippen molar-refractivity contribution in [2.45, 2.75) is 0 Å². The molecule has 0 radical (unpaired) electrons. The standard InChI is InChI=1S/C15H13NO2/c16-13-7-3-1-5-11(13)9-10-15(18)12-6-2-4-8-14(12)17/h1-11,16-17H. The Morgan fingerprint density at radius 3 is 2.78 bits per heavy atom. The maximum atomic E-state index is 11.9. The number of hydrogen-bond donors (Lipinski definition) is 2. The minimum absolute atomic E-state index is 0.0266. The van der Waals surface area contributed by atoms with E-state index in [1.807, 2.05) is 12.2 Å². The van der Waals surface area contributed by atoms with Crippen LogP contribution in [0.25, 0.3) is 0 Å². The van der Waals surface area contributed by atoms with Crippen LogP contribution < -0.4 is 0 Å². The van der Waals surface area contributed by atoms with Gasteiger partial charge in [-0.15, -0.1) is 0 Å². The number of nitrogens with one attached hydrogen (secondary N) is 1. The van der Waals surface area contributed by atoms with E-state index in [9.17, 15) is 9.90 Å². The number of benzene rings is 1. The molecular weight excluding hydrogens is 226 g/mol. The number of hydrogen-bond acceptors (Lipinski definition) is 3. The van der Waals surface area contributed by atoms with Crippen LogP contribution in [0, 0.1) is 11.3 Å². The van der Waals surface area contributed by atoms with Crippen LogP contribution in [0.3, 0.4) is 0 Å². The molecule has 0 aromatic heterocycles. The molecule has 0 saturated carbocycles. The quantitative estimate of drug-likeness (QED) is 0.629. The van der Waals surface area contributed by atoms with Gasteiger partial charge < -0.3 is 10.5 Å². The number of carbonyl (C=O) groups is 1. The minimum Gasteiger partial charge on any atom is -0.507 e. The number of phenolic OH excluding ortho intramolecular Hbond substituents is 1. The third-order valence-corrected chi connectivity index (χ3v) is 2.69. The van der Waals surface area contributed by atoms with Crippen molar-refractivity contribution in [2.24, 2.45) is 5.92 Å². The zero-order chi connectivity index (χ0) is 13.0. The van der Waals surface area contributed by atoms with Crippen LogP contribution in [0.1, 0.15) is 10.4 Å². The van der Waals surface area contributed by atoms with Gasteiger partial charge in [0.2, 0.25) is 0 Å². The Hall–Kier alpha value is -2.42. The van der Waals surface area contributed by atoms with Gasteiger partial charge in [0.1, 0.15) is 5.75 Å². The molecule has 2 rings (SSSR count). The van der Waals surface area contributed by atoms with Gasteiger partial charge in [-0.3, -0.25) is 4.79 Å². The molecule has 3 nitrogen and oxygen atoms in total. The van der Waals surface area contributed by atoms with Crippen LogP contribution in [0.15, 0.2) is 60.7 Å². The molecule has 0 fully saturated rings. The number of carbonyl (C=O) groups excluding carboxylic acids is 1. The van der Waals surface area contributed by atoms with E-state index in [0.717, 1.165) is 0 Å². The lowest BCUT2D eigenvalue weighted by Gasteiger charge is -2.08. The summed E-state index contributed by atoms with van der Waals surface area (Å²) < 4.78 is 0. The summed E-state index contributed by atoms with van der Waals surface area (Å²) in [6, 6.07) is 6.42. The van der Waals surface area contributed by atoms with Gasteiger partial charge in [0.05, 0.1) is 5.56 Å². The molecule has 0 bridgehead atoms. The van der Waals surface area contributed by atoms with E-state index in [2.05, 4.69) is 0 Å². The number of ketones is 1. The lowest BCUT2D eigenvalue weighted by Crippen LogP contribution is -2.08. The minimum atomic E-state index is -0.260. The molecule has 1 atom stereocenters. The zero-order valence-corrected chi connectivity index (χ0v) is 9.71. The topological polar surface area (TPSA) is 61.2 Å². The van der Waals surface area contributed by atoms with Gasteiger partial charge in [-0.25, -0.2) is 0 Å². The molecule has 18 heavy (non-hydrogen) atoms. The summed E-state index contributed by atoms with van der Waals surface area (Å²) in [4.78, 5) is 11.9. The maximum Gasteiger partial charge on any atom is 0.189 e. The molecule has 90 valence electrons. The molecular formula is C15H13NO2. The SMILES string of the molecule is N=C1C=CC=CC1C=CC(=O)c1ccccc1O. The summed E-state index contributed by atoms with van der Waals surface area (Å²) in [5.74, 6) is -0.463. The molecule has 0 heterocycles. The highest BCUT2D eigenvalue weighted by molar-refractivity contribution is 6.07. The molecule has 1 aromatic carbocycles. The molecule has 1 aromatic rings. The normalized spacial score (nSPS) is 18.4. The van der Waals surface area contributed by atoms with Crippen molar-refractivity contribution in [3.8, 4) is 5.75 Å². The molecule has 0 saturated heterocycles. The van der Waals surface area contributed by atoms with E-state index in [4.69, 9.17) is 5.41 Å². The third-order valence-electron chi connectivity index (χ3n) is 2.69. The van der Waals surface area contributed by atoms with E-state index in [1.165, 1.54) is 12.1 Å². The first-order valence-electron chi connectivity index (χ1n) is 5.62. The van der Waals surface area contributed by atoms with Crippen molar-refractivity contribution < 1.29 is 9.90 Å². The van der Waals surface area contributed by atoms with E-state index >= 15 is 0 Å². The number of allylic oxidation sites excluding steroid dienone is 6. The predicted molar refractivity (Wildman–Crippen MR) is 71.1 cm³/mol. The van der Waals surface area contributed by atoms with Crippen molar-refractivity contribution in [1.29, 1.82) is 5.41 Å². The van der Waals surface area contributed by atoms with E-state index in [1.54, 1.807) is 36.4 Å². The Morgan fingerprint density at radius 2 is 2.06 bits per heavy atom. The maximum absolute atomic E-state index is 11.9. The Bertz CT molecular complexity index is 568. The Kier molecular flexibility index (Phi) is 3.53. The Morgan fingerprint density at radius 1 is 1.28 bits per heavy atom. The highest BCUT2D eigenvalue weighted by Gasteiger charge is 2.10. The van der Waals surface area contributed by atoms with Crippen LogP contribution in [0.5, 0.6) is 5.75 Å². The van der Waals surface area contributed by atoms with Gasteiger partial charge in [-0.05, 0) is 24.3 Å². The van der Waals surface area contributed by atoms with Crippen molar-refractivity contribution in [1.82, 2.24) is 0 Å². The van der Waals surface area contributed by atoms with Crippen LogP contribution in [0.4, 0.5) is 0 Å². The molecule has 0 spiro atoms. The molecule has 1 aliphatic carbocycles. The van der Waals surface area contributed by atoms with Gasteiger partial charge >= 0.3 is 0 Å². The second kappa shape index (κ2) is 5.27. The van der Waals surface area contributed by atoms with Crippen LogP contribution in [-0.2, 0) is 0 Å². The number of phenols is 1. The molecule has 3 heteroatoms. The highest BCUT2D eigenvalue weighted by Crippen LogP contribution is 2.17. The van der Waals surface area contributed by atoms with E-state index in [-0.39, 0.29) is 23.0 Å². The number of rotatable bonds is 3. The van der Waals surface area contributed by atoms with Crippen LogP contribution >= 0.6 is 0 Å². The second-order valence-electron chi connectivity index (χ2n) is 3.97. The van der Waals surface area contributed by atoms with Gasteiger partial charge in [-0.1, -0.05) is 36.4 Å². The summed E-state index contributed by atoms with van der Waals surface area (Å²) in [5, 5.41) is 17.2. The molecule has 0 aliphatic heterocycles. The molecule has 0 amide bonds. The van der Waals surface area contributed by atoms with Gasteiger partial charge in [-0.2, -0.15) is 0 Å². The summed E-state index contributed by atoms with van der Waals surface area (Å²) >= 11 is 0. The van der Waals surface area contributed by atoms with Gasteiger partial charge in [0.15, 0.2) is 5.78 Å². The average molecular weight is 239 g/mol. The summed E-state index contributed by atoms with van der Waals surface area (Å²) in [5.41, 5.74) is 0.717.